The lowest BCUT2D eigenvalue weighted by Crippen LogP contribution is -2.53. The fourth-order valence-corrected chi connectivity index (χ4v) is 2.11. The van der Waals surface area contributed by atoms with Crippen LogP contribution in [0.3, 0.4) is 0 Å². The maximum atomic E-state index is 11.4. The second-order valence-corrected chi connectivity index (χ2v) is 5.54. The molecule has 1 aromatic carbocycles. The third-order valence-corrected chi connectivity index (χ3v) is 3.26. The number of hydrogen-bond acceptors (Lipinski definition) is 3. The summed E-state index contributed by atoms with van der Waals surface area (Å²) in [5, 5.41) is 12.4. The van der Waals surface area contributed by atoms with Gasteiger partial charge in [0.1, 0.15) is 11.3 Å². The number of carboxylic acid groups (broad SMARTS) is 1. The molecule has 1 rings (SSSR count). The highest BCUT2D eigenvalue weighted by Crippen LogP contribution is 2.16. The summed E-state index contributed by atoms with van der Waals surface area (Å²) in [7, 11) is 0. The van der Waals surface area contributed by atoms with Crippen LogP contribution in [0.5, 0.6) is 5.75 Å². The predicted molar refractivity (Wildman–Crippen MR) is 80.2 cm³/mol. The molecule has 20 heavy (non-hydrogen) atoms. The zero-order valence-electron chi connectivity index (χ0n) is 12.8. The molecule has 0 heterocycles. The van der Waals surface area contributed by atoms with Gasteiger partial charge in [0.2, 0.25) is 0 Å². The topological polar surface area (TPSA) is 58.6 Å². The lowest BCUT2D eigenvalue weighted by atomic mass is 9.97. The Bertz CT molecular complexity index is 445. The van der Waals surface area contributed by atoms with Crippen LogP contribution in [0.4, 0.5) is 0 Å². The standard InChI is InChI=1S/C16H25NO3/c1-5-13-7-6-8-14(11-13)20-10-9-16(4,15(18)19)17-12(2)3/h6-8,11-12,17H,5,9-10H2,1-4H3,(H,18,19). The molecule has 112 valence electrons. The van der Waals surface area contributed by atoms with Crippen molar-refractivity contribution in [2.45, 2.75) is 52.1 Å². The first-order valence-corrected chi connectivity index (χ1v) is 7.10. The minimum absolute atomic E-state index is 0.111. The third kappa shape index (κ3) is 4.85. The Morgan fingerprint density at radius 2 is 2.15 bits per heavy atom. The Labute approximate surface area is 121 Å². The summed E-state index contributed by atoms with van der Waals surface area (Å²) in [6.45, 7) is 8.03. The summed E-state index contributed by atoms with van der Waals surface area (Å²) < 4.78 is 5.67. The number of aliphatic carboxylic acids is 1. The van der Waals surface area contributed by atoms with Crippen molar-refractivity contribution in [2.24, 2.45) is 0 Å². The molecule has 1 unspecified atom stereocenters. The largest absolute Gasteiger partial charge is 0.493 e. The van der Waals surface area contributed by atoms with Gasteiger partial charge in [-0.15, -0.1) is 0 Å². The highest BCUT2D eigenvalue weighted by atomic mass is 16.5. The molecule has 0 aliphatic heterocycles. The van der Waals surface area contributed by atoms with Gasteiger partial charge in [-0.2, -0.15) is 0 Å². The lowest BCUT2D eigenvalue weighted by molar-refractivity contribution is -0.145. The van der Waals surface area contributed by atoms with E-state index < -0.39 is 11.5 Å². The van der Waals surface area contributed by atoms with Gasteiger partial charge >= 0.3 is 5.97 Å². The van der Waals surface area contributed by atoms with Crippen molar-refractivity contribution >= 4 is 5.97 Å². The molecule has 0 saturated heterocycles. The van der Waals surface area contributed by atoms with E-state index in [1.54, 1.807) is 6.92 Å². The van der Waals surface area contributed by atoms with Gasteiger partial charge in [-0.05, 0) is 44.9 Å². The van der Waals surface area contributed by atoms with Gasteiger partial charge in [0, 0.05) is 12.5 Å². The highest BCUT2D eigenvalue weighted by Gasteiger charge is 2.33. The predicted octanol–water partition coefficient (Wildman–Crippen LogP) is 2.86. The van der Waals surface area contributed by atoms with E-state index in [0.717, 1.165) is 12.2 Å². The number of aryl methyl sites for hydroxylation is 1. The number of benzene rings is 1. The molecule has 0 radical (unpaired) electrons. The van der Waals surface area contributed by atoms with E-state index in [4.69, 9.17) is 4.74 Å². The summed E-state index contributed by atoms with van der Waals surface area (Å²) in [5.41, 5.74) is 0.250. The Kier molecular flexibility index (Phi) is 6.02. The first-order valence-electron chi connectivity index (χ1n) is 7.10. The van der Waals surface area contributed by atoms with Gasteiger partial charge in [-0.25, -0.2) is 0 Å². The fraction of sp³-hybridized carbons (Fsp3) is 0.562. The third-order valence-electron chi connectivity index (χ3n) is 3.26. The molecule has 1 atom stereocenters. The fourth-order valence-electron chi connectivity index (χ4n) is 2.11. The van der Waals surface area contributed by atoms with Gasteiger partial charge < -0.3 is 9.84 Å². The van der Waals surface area contributed by atoms with Crippen molar-refractivity contribution in [3.05, 3.63) is 29.8 Å². The molecule has 2 N–H and O–H groups in total. The molecule has 4 heteroatoms. The first-order chi connectivity index (χ1) is 9.37. The Morgan fingerprint density at radius 3 is 2.70 bits per heavy atom. The van der Waals surface area contributed by atoms with Crippen LogP contribution in [-0.2, 0) is 11.2 Å². The van der Waals surface area contributed by atoms with E-state index >= 15 is 0 Å². The van der Waals surface area contributed by atoms with Gasteiger partial charge in [0.05, 0.1) is 6.61 Å². The first kappa shape index (κ1) is 16.5. The second kappa shape index (κ2) is 7.29. The van der Waals surface area contributed by atoms with E-state index in [0.29, 0.717) is 13.0 Å². The van der Waals surface area contributed by atoms with E-state index in [-0.39, 0.29) is 6.04 Å². The monoisotopic (exact) mass is 279 g/mol. The zero-order valence-corrected chi connectivity index (χ0v) is 12.8. The number of hydrogen-bond donors (Lipinski definition) is 2. The summed E-state index contributed by atoms with van der Waals surface area (Å²) in [5.74, 6) is -0.0567. The van der Waals surface area contributed by atoms with Gasteiger partial charge in [0.15, 0.2) is 0 Å². The number of rotatable bonds is 8. The highest BCUT2D eigenvalue weighted by molar-refractivity contribution is 5.78. The average Bonchev–Trinajstić information content (AvgIpc) is 2.38. The normalized spacial score (nSPS) is 14.1. The summed E-state index contributed by atoms with van der Waals surface area (Å²) in [6.07, 6.45) is 1.37. The minimum atomic E-state index is -0.962. The van der Waals surface area contributed by atoms with Crippen molar-refractivity contribution in [1.82, 2.24) is 5.32 Å². The van der Waals surface area contributed by atoms with Crippen molar-refractivity contribution in [3.8, 4) is 5.75 Å². The van der Waals surface area contributed by atoms with Crippen LogP contribution >= 0.6 is 0 Å². The average molecular weight is 279 g/mol. The number of carboxylic acids is 1. The quantitative estimate of drug-likeness (QED) is 0.768. The van der Waals surface area contributed by atoms with Crippen molar-refractivity contribution in [2.75, 3.05) is 6.61 Å². The molecule has 0 spiro atoms. The van der Waals surface area contributed by atoms with Crippen LogP contribution in [0.1, 0.15) is 39.7 Å². The zero-order chi connectivity index (χ0) is 15.2. The molecule has 0 bridgehead atoms. The van der Waals surface area contributed by atoms with Gasteiger partial charge in [-0.1, -0.05) is 19.1 Å². The maximum Gasteiger partial charge on any atom is 0.323 e. The lowest BCUT2D eigenvalue weighted by Gasteiger charge is -2.28. The summed E-state index contributed by atoms with van der Waals surface area (Å²) in [4.78, 5) is 11.4. The smallest absolute Gasteiger partial charge is 0.323 e. The summed E-state index contributed by atoms with van der Waals surface area (Å²) >= 11 is 0. The molecule has 4 nitrogen and oxygen atoms in total. The number of ether oxygens (including phenoxy) is 1. The molecule has 0 amide bonds. The summed E-state index contributed by atoms with van der Waals surface area (Å²) in [6, 6.07) is 8.01. The van der Waals surface area contributed by atoms with Crippen LogP contribution in [0.15, 0.2) is 24.3 Å². The van der Waals surface area contributed by atoms with Gasteiger partial charge in [0.25, 0.3) is 0 Å². The molecule has 0 aliphatic rings. The van der Waals surface area contributed by atoms with E-state index in [1.807, 2.05) is 32.0 Å². The van der Waals surface area contributed by atoms with Crippen molar-refractivity contribution in [3.63, 3.8) is 0 Å². The van der Waals surface area contributed by atoms with E-state index in [1.165, 1.54) is 5.56 Å². The van der Waals surface area contributed by atoms with E-state index in [2.05, 4.69) is 18.3 Å². The van der Waals surface area contributed by atoms with E-state index in [9.17, 15) is 9.90 Å². The number of carbonyl (C=O) groups is 1. The van der Waals surface area contributed by atoms with Crippen LogP contribution in [0.2, 0.25) is 0 Å². The maximum absolute atomic E-state index is 11.4. The van der Waals surface area contributed by atoms with Crippen LogP contribution < -0.4 is 10.1 Å². The SMILES string of the molecule is CCc1cccc(OCCC(C)(NC(C)C)C(=O)O)c1. The Hall–Kier alpha value is -1.55. The molecule has 0 fully saturated rings. The molecule has 0 aliphatic carbocycles. The van der Waals surface area contributed by atoms with Crippen LogP contribution in [0.25, 0.3) is 0 Å². The molecule has 0 saturated carbocycles. The molecule has 1 aromatic rings. The van der Waals surface area contributed by atoms with Crippen molar-refractivity contribution < 1.29 is 14.6 Å². The van der Waals surface area contributed by atoms with Gasteiger partial charge in [-0.3, -0.25) is 10.1 Å². The Balaban J connectivity index is 2.58. The van der Waals surface area contributed by atoms with Crippen LogP contribution in [-0.4, -0.2) is 29.3 Å². The molecular weight excluding hydrogens is 254 g/mol. The molecular formula is C16H25NO3. The van der Waals surface area contributed by atoms with Crippen molar-refractivity contribution in [1.29, 1.82) is 0 Å². The molecule has 0 aromatic heterocycles. The minimum Gasteiger partial charge on any atom is -0.493 e. The van der Waals surface area contributed by atoms with Crippen LogP contribution in [0, 0.1) is 0 Å². The second-order valence-electron chi connectivity index (χ2n) is 5.54. The number of nitrogens with one attached hydrogen (secondary N) is 1. The Morgan fingerprint density at radius 1 is 1.45 bits per heavy atom.